The highest BCUT2D eigenvalue weighted by molar-refractivity contribution is 7.89. The number of methoxy groups -OCH3 is 1. The van der Waals surface area contributed by atoms with Crippen LogP contribution < -0.4 is 5.73 Å². The number of rotatable bonds is 5. The summed E-state index contributed by atoms with van der Waals surface area (Å²) in [5.41, 5.74) is 5.52. The van der Waals surface area contributed by atoms with E-state index in [2.05, 4.69) is 0 Å². The number of ether oxygens (including phenoxy) is 1. The van der Waals surface area contributed by atoms with E-state index in [9.17, 15) is 13.2 Å². The normalized spacial score (nSPS) is 26.2. The second kappa shape index (κ2) is 6.67. The second-order valence-electron chi connectivity index (χ2n) is 5.10. The Bertz CT molecular complexity index is 410. The predicted octanol–water partition coefficient (Wildman–Crippen LogP) is 0.327. The van der Waals surface area contributed by atoms with Gasteiger partial charge in [-0.1, -0.05) is 12.8 Å². The quantitative estimate of drug-likeness (QED) is 0.737. The lowest BCUT2D eigenvalue weighted by Gasteiger charge is -2.34. The summed E-state index contributed by atoms with van der Waals surface area (Å²) in [4.78, 5) is 11.8. The number of carbonyl (C=O) groups excluding carboxylic acids is 1. The monoisotopic (exact) mass is 292 g/mol. The zero-order valence-corrected chi connectivity index (χ0v) is 12.6. The van der Waals surface area contributed by atoms with Crippen molar-refractivity contribution in [3.05, 3.63) is 0 Å². The zero-order valence-electron chi connectivity index (χ0n) is 11.8. The third kappa shape index (κ3) is 3.46. The minimum atomic E-state index is -3.53. The van der Waals surface area contributed by atoms with Crippen molar-refractivity contribution in [1.29, 1.82) is 0 Å². The average Bonchev–Trinajstić information content (AvgIpc) is 2.44. The maximum atomic E-state index is 12.6. The minimum Gasteiger partial charge on any atom is -0.469 e. The molecule has 0 saturated heterocycles. The number of nitrogens with two attached hydrogens (primary N) is 1. The Balaban J connectivity index is 2.99. The first kappa shape index (κ1) is 16.4. The van der Waals surface area contributed by atoms with Crippen molar-refractivity contribution in [2.45, 2.75) is 43.9 Å². The summed E-state index contributed by atoms with van der Waals surface area (Å²) in [6.45, 7) is 2.01. The summed E-state index contributed by atoms with van der Waals surface area (Å²) in [5.74, 6) is -0.988. The van der Waals surface area contributed by atoms with Gasteiger partial charge in [-0.2, -0.15) is 0 Å². The van der Waals surface area contributed by atoms with E-state index in [1.807, 2.05) is 0 Å². The molecule has 0 bridgehead atoms. The second-order valence-corrected chi connectivity index (χ2v) is 7.31. The first-order valence-electron chi connectivity index (χ1n) is 6.61. The van der Waals surface area contributed by atoms with Gasteiger partial charge in [-0.05, 0) is 19.8 Å². The Labute approximate surface area is 115 Å². The molecule has 2 N–H and O–H groups in total. The van der Waals surface area contributed by atoms with Gasteiger partial charge in [0, 0.05) is 19.6 Å². The number of hydrogen-bond donors (Lipinski definition) is 1. The molecule has 0 spiro atoms. The average molecular weight is 292 g/mol. The van der Waals surface area contributed by atoms with Gasteiger partial charge in [-0.15, -0.1) is 0 Å². The maximum Gasteiger partial charge on any atom is 0.310 e. The van der Waals surface area contributed by atoms with Crippen molar-refractivity contribution in [3.8, 4) is 0 Å². The van der Waals surface area contributed by atoms with Gasteiger partial charge < -0.3 is 10.5 Å². The Morgan fingerprint density at radius 1 is 1.42 bits per heavy atom. The molecule has 3 atom stereocenters. The molecule has 7 heteroatoms. The van der Waals surface area contributed by atoms with E-state index in [1.165, 1.54) is 18.5 Å². The van der Waals surface area contributed by atoms with E-state index >= 15 is 0 Å². The molecule has 1 fully saturated rings. The highest BCUT2D eigenvalue weighted by Gasteiger charge is 2.42. The van der Waals surface area contributed by atoms with E-state index < -0.39 is 27.2 Å². The van der Waals surface area contributed by atoms with Gasteiger partial charge in [0.2, 0.25) is 10.0 Å². The molecule has 0 amide bonds. The topological polar surface area (TPSA) is 89.7 Å². The van der Waals surface area contributed by atoms with E-state index in [0.29, 0.717) is 12.8 Å². The third-order valence-corrected chi connectivity index (χ3v) is 6.44. The van der Waals surface area contributed by atoms with E-state index in [4.69, 9.17) is 10.5 Å². The molecule has 1 aliphatic carbocycles. The van der Waals surface area contributed by atoms with Gasteiger partial charge >= 0.3 is 5.97 Å². The Hall–Kier alpha value is -0.660. The standard InChI is InChI=1S/C12H24N2O4S/c1-9(8-13)14(2)19(16,17)11-7-5-4-6-10(11)12(15)18-3/h9-11H,4-8,13H2,1-3H3. The van der Waals surface area contributed by atoms with Crippen molar-refractivity contribution in [3.63, 3.8) is 0 Å². The van der Waals surface area contributed by atoms with E-state index in [0.717, 1.165) is 12.8 Å². The molecule has 0 heterocycles. The molecule has 1 aliphatic rings. The maximum absolute atomic E-state index is 12.6. The van der Waals surface area contributed by atoms with Gasteiger partial charge in [-0.25, -0.2) is 12.7 Å². The van der Waals surface area contributed by atoms with E-state index in [-0.39, 0.29) is 12.6 Å². The van der Waals surface area contributed by atoms with Crippen molar-refractivity contribution in [2.75, 3.05) is 20.7 Å². The molecule has 0 aromatic rings. The zero-order chi connectivity index (χ0) is 14.6. The number of likely N-dealkylation sites (N-methyl/N-ethyl adjacent to an activating group) is 1. The van der Waals surface area contributed by atoms with Crippen LogP contribution in [0.25, 0.3) is 0 Å². The van der Waals surface area contributed by atoms with Crippen LogP contribution >= 0.6 is 0 Å². The first-order valence-corrected chi connectivity index (χ1v) is 8.11. The molecule has 0 aromatic heterocycles. The number of nitrogens with zero attached hydrogens (tertiary/aromatic N) is 1. The van der Waals surface area contributed by atoms with Crippen LogP contribution in [0.3, 0.4) is 0 Å². The highest BCUT2D eigenvalue weighted by atomic mass is 32.2. The molecule has 0 aliphatic heterocycles. The number of hydrogen-bond acceptors (Lipinski definition) is 5. The van der Waals surface area contributed by atoms with Crippen LogP contribution in [0.5, 0.6) is 0 Å². The van der Waals surface area contributed by atoms with Crippen LogP contribution in [-0.4, -0.2) is 50.7 Å². The Morgan fingerprint density at radius 2 is 2.00 bits per heavy atom. The summed E-state index contributed by atoms with van der Waals surface area (Å²) in [6, 6.07) is -0.273. The third-order valence-electron chi connectivity index (χ3n) is 3.95. The fourth-order valence-corrected chi connectivity index (χ4v) is 4.63. The van der Waals surface area contributed by atoms with Crippen molar-refractivity contribution in [2.24, 2.45) is 11.7 Å². The minimum absolute atomic E-state index is 0.255. The molecule has 1 saturated carbocycles. The largest absolute Gasteiger partial charge is 0.469 e. The lowest BCUT2D eigenvalue weighted by Crippen LogP contribution is -2.49. The smallest absolute Gasteiger partial charge is 0.310 e. The number of esters is 1. The SMILES string of the molecule is COC(=O)C1CCCCC1S(=O)(=O)N(C)C(C)CN. The highest BCUT2D eigenvalue weighted by Crippen LogP contribution is 2.32. The van der Waals surface area contributed by atoms with Gasteiger partial charge in [-0.3, -0.25) is 4.79 Å². The van der Waals surface area contributed by atoms with Crippen molar-refractivity contribution >= 4 is 16.0 Å². The molecule has 19 heavy (non-hydrogen) atoms. The van der Waals surface area contributed by atoms with Gasteiger partial charge in [0.15, 0.2) is 0 Å². The van der Waals surface area contributed by atoms with Gasteiger partial charge in [0.1, 0.15) is 0 Å². The summed E-state index contributed by atoms with van der Waals surface area (Å²) >= 11 is 0. The predicted molar refractivity (Wildman–Crippen MR) is 73.0 cm³/mol. The van der Waals surface area contributed by atoms with Gasteiger partial charge in [0.25, 0.3) is 0 Å². The molecule has 3 unspecified atom stereocenters. The molecule has 6 nitrogen and oxygen atoms in total. The molecular weight excluding hydrogens is 268 g/mol. The van der Waals surface area contributed by atoms with Gasteiger partial charge in [0.05, 0.1) is 18.3 Å². The molecular formula is C12H24N2O4S. The number of carbonyl (C=O) groups is 1. The fraction of sp³-hybridized carbons (Fsp3) is 0.917. The molecule has 1 rings (SSSR count). The van der Waals surface area contributed by atoms with Crippen LogP contribution in [0.15, 0.2) is 0 Å². The first-order chi connectivity index (χ1) is 8.86. The Morgan fingerprint density at radius 3 is 2.53 bits per heavy atom. The fourth-order valence-electron chi connectivity index (χ4n) is 2.49. The molecule has 0 radical (unpaired) electrons. The van der Waals surface area contributed by atoms with Crippen LogP contribution in [0, 0.1) is 5.92 Å². The van der Waals surface area contributed by atoms with Crippen LogP contribution in [0.4, 0.5) is 0 Å². The lowest BCUT2D eigenvalue weighted by atomic mass is 9.89. The van der Waals surface area contributed by atoms with Crippen molar-refractivity contribution < 1.29 is 17.9 Å². The molecule has 0 aromatic carbocycles. The van der Waals surface area contributed by atoms with Crippen LogP contribution in [0.2, 0.25) is 0 Å². The summed E-state index contributed by atoms with van der Waals surface area (Å²) < 4.78 is 31.2. The Kier molecular flexibility index (Phi) is 5.76. The lowest BCUT2D eigenvalue weighted by molar-refractivity contribution is -0.146. The number of sulfonamides is 1. The summed E-state index contributed by atoms with van der Waals surface area (Å²) in [7, 11) is -0.703. The summed E-state index contributed by atoms with van der Waals surface area (Å²) in [6.07, 6.45) is 2.76. The molecule has 112 valence electrons. The van der Waals surface area contributed by atoms with E-state index in [1.54, 1.807) is 6.92 Å². The van der Waals surface area contributed by atoms with Crippen LogP contribution in [0.1, 0.15) is 32.6 Å². The summed E-state index contributed by atoms with van der Waals surface area (Å²) in [5, 5.41) is -0.687. The van der Waals surface area contributed by atoms with Crippen molar-refractivity contribution in [1.82, 2.24) is 4.31 Å². The van der Waals surface area contributed by atoms with Crippen LogP contribution in [-0.2, 0) is 19.6 Å².